The molecule has 17 heavy (non-hydrogen) atoms. The molecular formula is C13H16BrFN2. The van der Waals surface area contributed by atoms with Gasteiger partial charge < -0.3 is 5.32 Å². The number of pyridine rings is 1. The third-order valence-corrected chi connectivity index (χ3v) is 4.28. The fourth-order valence-corrected chi connectivity index (χ4v) is 3.67. The van der Waals surface area contributed by atoms with Crippen LogP contribution in [0.3, 0.4) is 0 Å². The molecule has 0 aliphatic carbocycles. The van der Waals surface area contributed by atoms with E-state index in [0.29, 0.717) is 31.3 Å². The van der Waals surface area contributed by atoms with Crippen LogP contribution in [0.1, 0.15) is 31.2 Å². The molecule has 92 valence electrons. The van der Waals surface area contributed by atoms with E-state index in [1.165, 1.54) is 0 Å². The molecule has 2 atom stereocenters. The van der Waals surface area contributed by atoms with E-state index in [-0.39, 0.29) is 0 Å². The van der Waals surface area contributed by atoms with Gasteiger partial charge in [-0.1, -0.05) is 0 Å². The Kier molecular flexibility index (Phi) is 2.95. The summed E-state index contributed by atoms with van der Waals surface area (Å²) in [6, 6.07) is 2.75. The summed E-state index contributed by atoms with van der Waals surface area (Å²) in [6.45, 7) is 0. The van der Waals surface area contributed by atoms with E-state index in [9.17, 15) is 4.39 Å². The van der Waals surface area contributed by atoms with Gasteiger partial charge in [-0.2, -0.15) is 0 Å². The van der Waals surface area contributed by atoms with E-state index in [1.807, 2.05) is 6.07 Å². The Balaban J connectivity index is 1.76. The Hall–Kier alpha value is -0.480. The summed E-state index contributed by atoms with van der Waals surface area (Å²) in [5.41, 5.74) is -0.0531. The monoisotopic (exact) mass is 298 g/mol. The van der Waals surface area contributed by atoms with Crippen LogP contribution in [0.25, 0.3) is 0 Å². The van der Waals surface area contributed by atoms with Gasteiger partial charge in [0.1, 0.15) is 5.67 Å². The highest BCUT2D eigenvalue weighted by Crippen LogP contribution is 2.38. The summed E-state index contributed by atoms with van der Waals surface area (Å²) in [4.78, 5) is 4.11. The van der Waals surface area contributed by atoms with Gasteiger partial charge in [0.15, 0.2) is 0 Å². The Bertz CT molecular complexity index is 412. The van der Waals surface area contributed by atoms with Gasteiger partial charge in [-0.25, -0.2) is 4.39 Å². The van der Waals surface area contributed by atoms with Crippen LogP contribution in [-0.2, 0) is 6.42 Å². The summed E-state index contributed by atoms with van der Waals surface area (Å²) >= 11 is 3.38. The molecule has 0 aromatic carbocycles. The van der Waals surface area contributed by atoms with Crippen molar-refractivity contribution in [3.8, 4) is 0 Å². The average molecular weight is 299 g/mol. The van der Waals surface area contributed by atoms with E-state index in [2.05, 4.69) is 26.2 Å². The smallest absolute Gasteiger partial charge is 0.118 e. The summed E-state index contributed by atoms with van der Waals surface area (Å²) in [5.74, 6) is 0. The van der Waals surface area contributed by atoms with Crippen LogP contribution >= 0.6 is 15.9 Å². The molecule has 2 fully saturated rings. The first kappa shape index (κ1) is 11.6. The van der Waals surface area contributed by atoms with Crippen molar-refractivity contribution in [2.24, 2.45) is 0 Å². The standard InChI is InChI=1S/C13H16BrFN2/c14-10-3-9(7-16-8-10)4-13(15)5-11-1-2-12(6-13)17-11/h3,7-8,11-12,17H,1-2,4-6H2. The molecule has 2 aliphatic rings. The Morgan fingerprint density at radius 3 is 2.71 bits per heavy atom. The molecule has 2 bridgehead atoms. The normalized spacial score (nSPS) is 36.1. The van der Waals surface area contributed by atoms with Crippen LogP contribution in [0, 0.1) is 0 Å². The minimum Gasteiger partial charge on any atom is -0.311 e. The lowest BCUT2D eigenvalue weighted by Gasteiger charge is -2.35. The maximum absolute atomic E-state index is 14.8. The predicted molar refractivity (Wildman–Crippen MR) is 68.7 cm³/mol. The van der Waals surface area contributed by atoms with Crippen molar-refractivity contribution in [2.75, 3.05) is 0 Å². The summed E-state index contributed by atoms with van der Waals surface area (Å²) < 4.78 is 15.8. The Morgan fingerprint density at radius 2 is 2.06 bits per heavy atom. The van der Waals surface area contributed by atoms with Crippen molar-refractivity contribution in [3.63, 3.8) is 0 Å². The molecular weight excluding hydrogens is 283 g/mol. The average Bonchev–Trinajstić information content (AvgIpc) is 2.58. The molecule has 2 aliphatic heterocycles. The van der Waals surface area contributed by atoms with Gasteiger partial charge in [0.25, 0.3) is 0 Å². The molecule has 2 unspecified atom stereocenters. The van der Waals surface area contributed by atoms with Crippen LogP contribution in [0.4, 0.5) is 4.39 Å². The van der Waals surface area contributed by atoms with Crippen molar-refractivity contribution < 1.29 is 4.39 Å². The van der Waals surface area contributed by atoms with Crippen molar-refractivity contribution in [3.05, 3.63) is 28.5 Å². The maximum Gasteiger partial charge on any atom is 0.118 e. The minimum atomic E-state index is -1.04. The zero-order chi connectivity index (χ0) is 11.9. The predicted octanol–water partition coefficient (Wildman–Crippen LogP) is 3.01. The second-order valence-electron chi connectivity index (χ2n) is 5.39. The molecule has 1 aromatic heterocycles. The lowest BCUT2D eigenvalue weighted by molar-refractivity contribution is 0.0893. The third kappa shape index (κ3) is 2.52. The summed E-state index contributed by atoms with van der Waals surface area (Å²) in [5, 5.41) is 3.48. The van der Waals surface area contributed by atoms with Gasteiger partial charge >= 0.3 is 0 Å². The lowest BCUT2D eigenvalue weighted by atomic mass is 9.84. The molecule has 1 N–H and O–H groups in total. The largest absolute Gasteiger partial charge is 0.311 e. The number of piperidine rings is 1. The van der Waals surface area contributed by atoms with Crippen molar-refractivity contribution in [2.45, 2.75) is 49.9 Å². The van der Waals surface area contributed by atoms with E-state index in [1.54, 1.807) is 12.4 Å². The van der Waals surface area contributed by atoms with Gasteiger partial charge in [0.2, 0.25) is 0 Å². The van der Waals surface area contributed by atoms with E-state index >= 15 is 0 Å². The molecule has 0 saturated carbocycles. The van der Waals surface area contributed by atoms with E-state index in [4.69, 9.17) is 0 Å². The number of fused-ring (bicyclic) bond motifs is 2. The first-order valence-electron chi connectivity index (χ1n) is 6.17. The SMILES string of the molecule is FC1(Cc2cncc(Br)c2)CC2CCC(C1)N2. The van der Waals surface area contributed by atoms with Gasteiger partial charge in [0, 0.05) is 35.4 Å². The highest BCUT2D eigenvalue weighted by molar-refractivity contribution is 9.10. The minimum absolute atomic E-state index is 0.388. The zero-order valence-corrected chi connectivity index (χ0v) is 11.2. The lowest BCUT2D eigenvalue weighted by Crippen LogP contribution is -2.47. The van der Waals surface area contributed by atoms with Crippen LogP contribution in [0.15, 0.2) is 22.9 Å². The molecule has 0 spiro atoms. The fourth-order valence-electron chi connectivity index (χ4n) is 3.25. The molecule has 2 nitrogen and oxygen atoms in total. The number of hydrogen-bond acceptors (Lipinski definition) is 2. The molecule has 3 heterocycles. The molecule has 4 heteroatoms. The highest BCUT2D eigenvalue weighted by Gasteiger charge is 2.43. The number of hydrogen-bond donors (Lipinski definition) is 1. The van der Waals surface area contributed by atoms with Gasteiger partial charge in [-0.05, 0) is 53.2 Å². The van der Waals surface area contributed by atoms with Gasteiger partial charge in [-0.15, -0.1) is 0 Å². The molecule has 0 amide bonds. The molecule has 1 aromatic rings. The number of nitrogens with one attached hydrogen (secondary N) is 1. The number of alkyl halides is 1. The third-order valence-electron chi connectivity index (χ3n) is 3.84. The van der Waals surface area contributed by atoms with Gasteiger partial charge in [-0.3, -0.25) is 4.98 Å². The molecule has 2 saturated heterocycles. The van der Waals surface area contributed by atoms with Crippen molar-refractivity contribution in [1.29, 1.82) is 0 Å². The van der Waals surface area contributed by atoms with Crippen molar-refractivity contribution >= 4 is 15.9 Å². The maximum atomic E-state index is 14.8. The van der Waals surface area contributed by atoms with Gasteiger partial charge in [0.05, 0.1) is 0 Å². The van der Waals surface area contributed by atoms with Crippen molar-refractivity contribution in [1.82, 2.24) is 10.3 Å². The zero-order valence-electron chi connectivity index (χ0n) is 9.63. The van der Waals surface area contributed by atoms with Crippen LogP contribution in [-0.4, -0.2) is 22.7 Å². The van der Waals surface area contributed by atoms with Crippen LogP contribution in [0.5, 0.6) is 0 Å². The Morgan fingerprint density at radius 1 is 1.35 bits per heavy atom. The summed E-state index contributed by atoms with van der Waals surface area (Å²) in [7, 11) is 0. The quantitative estimate of drug-likeness (QED) is 0.908. The molecule has 0 radical (unpaired) electrons. The van der Waals surface area contributed by atoms with Crippen LogP contribution in [0.2, 0.25) is 0 Å². The first-order chi connectivity index (χ1) is 8.13. The number of nitrogens with zero attached hydrogens (tertiary/aromatic N) is 1. The number of halogens is 2. The van der Waals surface area contributed by atoms with E-state index in [0.717, 1.165) is 22.9 Å². The topological polar surface area (TPSA) is 24.9 Å². The Labute approximate surface area is 109 Å². The highest BCUT2D eigenvalue weighted by atomic mass is 79.9. The second-order valence-corrected chi connectivity index (χ2v) is 6.30. The second kappa shape index (κ2) is 4.32. The first-order valence-corrected chi connectivity index (χ1v) is 6.97. The fraction of sp³-hybridized carbons (Fsp3) is 0.615. The van der Waals surface area contributed by atoms with E-state index < -0.39 is 5.67 Å². The summed E-state index contributed by atoms with van der Waals surface area (Å²) in [6.07, 6.45) is 7.57. The molecule has 3 rings (SSSR count). The van der Waals surface area contributed by atoms with Crippen LogP contribution < -0.4 is 5.32 Å². The number of aromatic nitrogens is 1. The number of rotatable bonds is 2.